The molecule has 3 aromatic rings. The molecule has 4 rings (SSSR count). The Morgan fingerprint density at radius 2 is 2.03 bits per heavy atom. The first-order valence-electron chi connectivity index (χ1n) is 10.4. The molecule has 0 bridgehead atoms. The highest BCUT2D eigenvalue weighted by atomic mass is 32.2. The molecule has 2 aromatic heterocycles. The Morgan fingerprint density at radius 1 is 1.27 bits per heavy atom. The van der Waals surface area contributed by atoms with E-state index in [1.807, 2.05) is 0 Å². The van der Waals surface area contributed by atoms with Crippen molar-refractivity contribution in [3.8, 4) is 0 Å². The smallest absolute Gasteiger partial charge is 0.261 e. The quantitative estimate of drug-likeness (QED) is 0.480. The van der Waals surface area contributed by atoms with Gasteiger partial charge in [-0.15, -0.1) is 0 Å². The first kappa shape index (κ1) is 22.9. The number of carbonyl (C=O) groups excluding carboxylic acids is 1. The number of hydrogen-bond donors (Lipinski definition) is 3. The van der Waals surface area contributed by atoms with Gasteiger partial charge in [0.05, 0.1) is 42.2 Å². The molecule has 1 aromatic carbocycles. The predicted molar refractivity (Wildman–Crippen MR) is 121 cm³/mol. The van der Waals surface area contributed by atoms with Crippen molar-refractivity contribution in [2.75, 3.05) is 47.0 Å². The number of nitrogens with zero attached hydrogens (tertiary/aromatic N) is 2. The van der Waals surface area contributed by atoms with E-state index in [0.29, 0.717) is 38.4 Å². The zero-order valence-corrected chi connectivity index (χ0v) is 18.6. The number of ether oxygens (including phenoxy) is 1. The maximum atomic E-state index is 14.9. The standard InChI is InChI=1S/C21H23F2N5O4S/c1-2-9-33(30,31)27-16-4-3-15(22)18(19(16)23)21(29)26-13-10-14-17(12-25-20(14)24-11-13)28-5-7-32-8-6-28/h3-4,10-12,27H,2,5-9H2,1H3,(H,24,25)(H,26,29). The lowest BCUT2D eigenvalue weighted by Crippen LogP contribution is -2.36. The summed E-state index contributed by atoms with van der Waals surface area (Å²) in [4.78, 5) is 22.2. The molecule has 0 aliphatic carbocycles. The van der Waals surface area contributed by atoms with Crippen LogP contribution < -0.4 is 14.9 Å². The maximum absolute atomic E-state index is 14.9. The van der Waals surface area contributed by atoms with Crippen LogP contribution in [0.5, 0.6) is 0 Å². The predicted octanol–water partition coefficient (Wildman–Crippen LogP) is 3.08. The first-order chi connectivity index (χ1) is 15.8. The van der Waals surface area contributed by atoms with Gasteiger partial charge in [0.2, 0.25) is 10.0 Å². The third kappa shape index (κ3) is 4.91. The van der Waals surface area contributed by atoms with Crippen LogP contribution in [-0.2, 0) is 14.8 Å². The summed E-state index contributed by atoms with van der Waals surface area (Å²) in [6, 6.07) is 3.44. The number of hydrogen-bond acceptors (Lipinski definition) is 6. The van der Waals surface area contributed by atoms with Crippen molar-refractivity contribution < 1.29 is 26.7 Å². The number of aromatic nitrogens is 2. The summed E-state index contributed by atoms with van der Waals surface area (Å²) in [5.74, 6) is -3.71. The SMILES string of the molecule is CCCS(=O)(=O)Nc1ccc(F)c(C(=O)Nc2cnc3[nH]cc(N4CCOCC4)c3c2)c1F. The number of benzene rings is 1. The zero-order valence-electron chi connectivity index (χ0n) is 17.8. The third-order valence-corrected chi connectivity index (χ3v) is 6.65. The average molecular weight is 480 g/mol. The summed E-state index contributed by atoms with van der Waals surface area (Å²) >= 11 is 0. The molecule has 1 aliphatic heterocycles. The Labute approximate surface area is 189 Å². The molecule has 1 amide bonds. The summed E-state index contributed by atoms with van der Waals surface area (Å²) in [5.41, 5.74) is 0.316. The van der Waals surface area contributed by atoms with Crippen LogP contribution in [0.1, 0.15) is 23.7 Å². The van der Waals surface area contributed by atoms with Gasteiger partial charge in [0.1, 0.15) is 17.0 Å². The topological polar surface area (TPSA) is 116 Å². The Bertz CT molecular complexity index is 1290. The van der Waals surface area contributed by atoms with Gasteiger partial charge >= 0.3 is 0 Å². The van der Waals surface area contributed by atoms with E-state index in [1.165, 1.54) is 6.20 Å². The second kappa shape index (κ2) is 9.32. The molecular formula is C21H23F2N5O4S. The van der Waals surface area contributed by atoms with Crippen LogP contribution in [0.2, 0.25) is 0 Å². The van der Waals surface area contributed by atoms with Gasteiger partial charge in [0.25, 0.3) is 5.91 Å². The van der Waals surface area contributed by atoms with Gasteiger partial charge in [-0.25, -0.2) is 22.2 Å². The molecule has 1 aliphatic rings. The van der Waals surface area contributed by atoms with Crippen LogP contribution >= 0.6 is 0 Å². The number of H-pyrrole nitrogens is 1. The van der Waals surface area contributed by atoms with E-state index >= 15 is 0 Å². The number of pyridine rings is 1. The molecule has 176 valence electrons. The fraction of sp³-hybridized carbons (Fsp3) is 0.333. The lowest BCUT2D eigenvalue weighted by molar-refractivity contribution is 0.101. The number of fused-ring (bicyclic) bond motifs is 1. The van der Waals surface area contributed by atoms with Crippen LogP contribution in [0.3, 0.4) is 0 Å². The Kier molecular flexibility index (Phi) is 6.47. The van der Waals surface area contributed by atoms with E-state index in [-0.39, 0.29) is 11.4 Å². The van der Waals surface area contributed by atoms with Gasteiger partial charge in [-0.3, -0.25) is 9.52 Å². The van der Waals surface area contributed by atoms with Gasteiger partial charge in [-0.2, -0.15) is 0 Å². The Morgan fingerprint density at radius 3 is 2.76 bits per heavy atom. The molecule has 3 heterocycles. The molecular weight excluding hydrogens is 456 g/mol. The van der Waals surface area contributed by atoms with Crippen molar-refractivity contribution in [1.82, 2.24) is 9.97 Å². The lowest BCUT2D eigenvalue weighted by Gasteiger charge is -2.28. The van der Waals surface area contributed by atoms with Crippen LogP contribution in [-0.4, -0.2) is 56.3 Å². The largest absolute Gasteiger partial charge is 0.378 e. The second-order valence-electron chi connectivity index (χ2n) is 7.55. The minimum Gasteiger partial charge on any atom is -0.378 e. The summed E-state index contributed by atoms with van der Waals surface area (Å²) in [6.45, 7) is 4.22. The van der Waals surface area contributed by atoms with Crippen LogP contribution in [0, 0.1) is 11.6 Å². The van der Waals surface area contributed by atoms with E-state index in [4.69, 9.17) is 4.74 Å². The number of rotatable bonds is 7. The van der Waals surface area contributed by atoms with Crippen LogP contribution in [0.15, 0.2) is 30.6 Å². The second-order valence-corrected chi connectivity index (χ2v) is 9.39. The summed E-state index contributed by atoms with van der Waals surface area (Å²) in [7, 11) is -3.83. The highest BCUT2D eigenvalue weighted by Gasteiger charge is 2.23. The molecule has 0 unspecified atom stereocenters. The molecule has 1 saturated heterocycles. The van der Waals surface area contributed by atoms with E-state index in [9.17, 15) is 22.0 Å². The van der Waals surface area contributed by atoms with E-state index < -0.39 is 38.8 Å². The molecule has 0 saturated carbocycles. The van der Waals surface area contributed by atoms with Gasteiger partial charge in [-0.1, -0.05) is 6.92 Å². The average Bonchev–Trinajstić information content (AvgIpc) is 3.19. The van der Waals surface area contributed by atoms with E-state index in [0.717, 1.165) is 23.2 Å². The minimum absolute atomic E-state index is 0.234. The lowest BCUT2D eigenvalue weighted by atomic mass is 10.1. The number of sulfonamides is 1. The number of aromatic amines is 1. The van der Waals surface area contributed by atoms with Crippen molar-refractivity contribution in [3.05, 3.63) is 47.8 Å². The minimum atomic E-state index is -3.83. The number of carbonyl (C=O) groups is 1. The number of anilines is 3. The van der Waals surface area contributed by atoms with Crippen molar-refractivity contribution >= 4 is 44.0 Å². The number of amides is 1. The fourth-order valence-corrected chi connectivity index (χ4v) is 4.78. The molecule has 9 nitrogen and oxygen atoms in total. The van der Waals surface area contributed by atoms with Gasteiger partial charge in [0.15, 0.2) is 5.82 Å². The van der Waals surface area contributed by atoms with Crippen LogP contribution in [0.25, 0.3) is 11.0 Å². The van der Waals surface area contributed by atoms with Gasteiger partial charge < -0.3 is 19.9 Å². The first-order valence-corrected chi connectivity index (χ1v) is 12.0. The zero-order chi connectivity index (χ0) is 23.6. The van der Waals surface area contributed by atoms with Crippen molar-refractivity contribution in [1.29, 1.82) is 0 Å². The van der Waals surface area contributed by atoms with Gasteiger partial charge in [-0.05, 0) is 24.6 Å². The van der Waals surface area contributed by atoms with Crippen LogP contribution in [0.4, 0.5) is 25.8 Å². The molecule has 12 heteroatoms. The van der Waals surface area contributed by atoms with E-state index in [1.54, 1.807) is 19.2 Å². The van der Waals surface area contributed by atoms with Crippen molar-refractivity contribution in [3.63, 3.8) is 0 Å². The Hall–Kier alpha value is -3.25. The molecule has 0 radical (unpaired) electrons. The number of morpholine rings is 1. The van der Waals surface area contributed by atoms with Crippen molar-refractivity contribution in [2.45, 2.75) is 13.3 Å². The molecule has 0 spiro atoms. The molecule has 1 fully saturated rings. The summed E-state index contributed by atoms with van der Waals surface area (Å²) < 4.78 is 60.6. The molecule has 3 N–H and O–H groups in total. The summed E-state index contributed by atoms with van der Waals surface area (Å²) in [5, 5.41) is 3.18. The highest BCUT2D eigenvalue weighted by molar-refractivity contribution is 7.92. The highest BCUT2D eigenvalue weighted by Crippen LogP contribution is 2.29. The third-order valence-electron chi connectivity index (χ3n) is 5.18. The maximum Gasteiger partial charge on any atom is 0.261 e. The van der Waals surface area contributed by atoms with Gasteiger partial charge in [0, 0.05) is 24.7 Å². The Balaban J connectivity index is 1.61. The normalized spacial score (nSPS) is 14.5. The fourth-order valence-electron chi connectivity index (χ4n) is 3.64. The summed E-state index contributed by atoms with van der Waals surface area (Å²) in [6.07, 6.45) is 3.48. The van der Waals surface area contributed by atoms with Crippen molar-refractivity contribution in [2.24, 2.45) is 0 Å². The van der Waals surface area contributed by atoms with E-state index in [2.05, 4.69) is 24.9 Å². The monoisotopic (exact) mass is 479 g/mol. The number of halogens is 2. The molecule has 0 atom stereocenters. The molecule has 33 heavy (non-hydrogen) atoms. The number of nitrogens with one attached hydrogen (secondary N) is 3.